The van der Waals surface area contributed by atoms with Crippen LogP contribution in [-0.2, 0) is 6.54 Å². The largest absolute Gasteiger partial charge is 0.311 e. The Kier molecular flexibility index (Phi) is 5.29. The number of hydrogen-bond acceptors (Lipinski definition) is 3. The molecule has 1 N–H and O–H groups in total. The van der Waals surface area contributed by atoms with Crippen molar-refractivity contribution in [2.75, 3.05) is 26.7 Å². The molecule has 0 bridgehead atoms. The third kappa shape index (κ3) is 4.33. The average Bonchev–Trinajstić information content (AvgIpc) is 2.52. The van der Waals surface area contributed by atoms with E-state index in [1.807, 2.05) is 11.3 Å². The van der Waals surface area contributed by atoms with Crippen LogP contribution in [0.2, 0.25) is 0 Å². The molecule has 0 atom stereocenters. The van der Waals surface area contributed by atoms with Gasteiger partial charge in [-0.15, -0.1) is 11.3 Å². The molecule has 0 amide bonds. The van der Waals surface area contributed by atoms with Crippen molar-refractivity contribution in [2.45, 2.75) is 27.3 Å². The first-order valence-corrected chi connectivity index (χ1v) is 6.40. The monoisotopic (exact) mass is 226 g/mol. The molecule has 15 heavy (non-hydrogen) atoms. The van der Waals surface area contributed by atoms with E-state index < -0.39 is 0 Å². The van der Waals surface area contributed by atoms with Crippen LogP contribution in [0.5, 0.6) is 0 Å². The molecule has 1 heterocycles. The van der Waals surface area contributed by atoms with Gasteiger partial charge in [-0.25, -0.2) is 0 Å². The highest BCUT2D eigenvalue weighted by Gasteiger charge is 2.01. The number of likely N-dealkylation sites (N-methyl/N-ethyl adjacent to an activating group) is 1. The first kappa shape index (κ1) is 12.7. The zero-order valence-electron chi connectivity index (χ0n) is 10.3. The molecule has 1 rings (SSSR count). The van der Waals surface area contributed by atoms with Crippen LogP contribution in [0.1, 0.15) is 22.2 Å². The standard InChI is InChI=1S/C12H22N2S/c1-5-14(4)7-6-13-9-12-8-10(2)15-11(12)3/h8,13H,5-7,9H2,1-4H3. The molecule has 2 nitrogen and oxygen atoms in total. The molecule has 1 aromatic rings. The molecule has 0 saturated heterocycles. The summed E-state index contributed by atoms with van der Waals surface area (Å²) >= 11 is 1.89. The van der Waals surface area contributed by atoms with Crippen molar-refractivity contribution in [1.82, 2.24) is 10.2 Å². The van der Waals surface area contributed by atoms with Gasteiger partial charge in [-0.1, -0.05) is 6.92 Å². The summed E-state index contributed by atoms with van der Waals surface area (Å²) in [5, 5.41) is 3.49. The first-order valence-electron chi connectivity index (χ1n) is 5.58. The van der Waals surface area contributed by atoms with Gasteiger partial charge in [-0.2, -0.15) is 0 Å². The van der Waals surface area contributed by atoms with Crippen molar-refractivity contribution in [3.8, 4) is 0 Å². The Bertz CT molecular complexity index is 294. The SMILES string of the molecule is CCN(C)CCNCc1cc(C)sc1C. The predicted molar refractivity (Wildman–Crippen MR) is 68.7 cm³/mol. The third-order valence-electron chi connectivity index (χ3n) is 2.67. The second kappa shape index (κ2) is 6.26. The van der Waals surface area contributed by atoms with Gasteiger partial charge < -0.3 is 10.2 Å². The van der Waals surface area contributed by atoms with Crippen molar-refractivity contribution in [3.63, 3.8) is 0 Å². The second-order valence-electron chi connectivity index (χ2n) is 4.01. The van der Waals surface area contributed by atoms with Crippen LogP contribution in [0.15, 0.2) is 6.07 Å². The van der Waals surface area contributed by atoms with Gasteiger partial charge in [0.25, 0.3) is 0 Å². The van der Waals surface area contributed by atoms with E-state index in [1.54, 1.807) is 0 Å². The summed E-state index contributed by atoms with van der Waals surface area (Å²) in [5.41, 5.74) is 1.46. The summed E-state index contributed by atoms with van der Waals surface area (Å²) in [6, 6.07) is 2.29. The number of rotatable bonds is 6. The molecular formula is C12H22N2S. The lowest BCUT2D eigenvalue weighted by Crippen LogP contribution is -2.28. The van der Waals surface area contributed by atoms with Crippen LogP contribution in [0.3, 0.4) is 0 Å². The molecule has 86 valence electrons. The maximum Gasteiger partial charge on any atom is 0.0217 e. The Hall–Kier alpha value is -0.380. The van der Waals surface area contributed by atoms with Crippen molar-refractivity contribution < 1.29 is 0 Å². The molecule has 0 aliphatic rings. The molecule has 1 aromatic heterocycles. The number of nitrogens with one attached hydrogen (secondary N) is 1. The minimum Gasteiger partial charge on any atom is -0.311 e. The fourth-order valence-corrected chi connectivity index (χ4v) is 2.46. The number of aryl methyl sites for hydroxylation is 2. The Morgan fingerprint density at radius 3 is 2.67 bits per heavy atom. The lowest BCUT2D eigenvalue weighted by molar-refractivity contribution is 0.349. The van der Waals surface area contributed by atoms with Crippen LogP contribution in [-0.4, -0.2) is 31.6 Å². The molecule has 0 fully saturated rings. The minimum absolute atomic E-state index is 1.01. The fourth-order valence-electron chi connectivity index (χ4n) is 1.51. The van der Waals surface area contributed by atoms with E-state index in [-0.39, 0.29) is 0 Å². The van der Waals surface area contributed by atoms with Crippen molar-refractivity contribution in [3.05, 3.63) is 21.4 Å². The molecule has 3 heteroatoms. The molecular weight excluding hydrogens is 204 g/mol. The molecule has 0 aliphatic heterocycles. The Morgan fingerprint density at radius 1 is 1.40 bits per heavy atom. The molecule has 0 spiro atoms. The van der Waals surface area contributed by atoms with Gasteiger partial charge >= 0.3 is 0 Å². The Morgan fingerprint density at radius 2 is 2.13 bits per heavy atom. The highest BCUT2D eigenvalue weighted by Crippen LogP contribution is 2.19. The minimum atomic E-state index is 1.01. The Balaban J connectivity index is 2.23. The van der Waals surface area contributed by atoms with Crippen LogP contribution in [0.25, 0.3) is 0 Å². The van der Waals surface area contributed by atoms with E-state index in [0.717, 1.165) is 26.2 Å². The summed E-state index contributed by atoms with van der Waals surface area (Å²) in [6.07, 6.45) is 0. The van der Waals surface area contributed by atoms with E-state index in [4.69, 9.17) is 0 Å². The smallest absolute Gasteiger partial charge is 0.0217 e. The topological polar surface area (TPSA) is 15.3 Å². The normalized spacial score (nSPS) is 11.3. The van der Waals surface area contributed by atoms with Gasteiger partial charge in [0.2, 0.25) is 0 Å². The first-order chi connectivity index (χ1) is 7.13. The molecule has 0 radical (unpaired) electrons. The van der Waals surface area contributed by atoms with Crippen molar-refractivity contribution in [2.24, 2.45) is 0 Å². The molecule has 0 aliphatic carbocycles. The van der Waals surface area contributed by atoms with E-state index in [2.05, 4.69) is 44.1 Å². The quantitative estimate of drug-likeness (QED) is 0.749. The van der Waals surface area contributed by atoms with Crippen molar-refractivity contribution in [1.29, 1.82) is 0 Å². The summed E-state index contributed by atoms with van der Waals surface area (Å²) < 4.78 is 0. The lowest BCUT2D eigenvalue weighted by Gasteiger charge is -2.13. The Labute approximate surface area is 97.3 Å². The number of nitrogens with zero attached hydrogens (tertiary/aromatic N) is 1. The molecule has 0 unspecified atom stereocenters. The predicted octanol–water partition coefficient (Wildman–Crippen LogP) is 2.41. The lowest BCUT2D eigenvalue weighted by atomic mass is 10.2. The third-order valence-corrected chi connectivity index (χ3v) is 3.68. The van der Waals surface area contributed by atoms with Crippen LogP contribution < -0.4 is 5.32 Å². The number of hydrogen-bond donors (Lipinski definition) is 1. The van der Waals surface area contributed by atoms with Gasteiger partial charge in [0, 0.05) is 29.4 Å². The summed E-state index contributed by atoms with van der Waals surface area (Å²) in [5.74, 6) is 0. The van der Waals surface area contributed by atoms with Gasteiger partial charge in [-0.3, -0.25) is 0 Å². The van der Waals surface area contributed by atoms with Crippen LogP contribution >= 0.6 is 11.3 Å². The molecule has 0 saturated carbocycles. The summed E-state index contributed by atoms with van der Waals surface area (Å²) in [4.78, 5) is 5.18. The van der Waals surface area contributed by atoms with Gasteiger partial charge in [0.1, 0.15) is 0 Å². The van der Waals surface area contributed by atoms with Gasteiger partial charge in [-0.05, 0) is 39.1 Å². The zero-order chi connectivity index (χ0) is 11.3. The molecule has 0 aromatic carbocycles. The fraction of sp³-hybridized carbons (Fsp3) is 0.667. The highest BCUT2D eigenvalue weighted by molar-refractivity contribution is 7.12. The maximum absolute atomic E-state index is 3.49. The van der Waals surface area contributed by atoms with Crippen LogP contribution in [0, 0.1) is 13.8 Å². The highest BCUT2D eigenvalue weighted by atomic mass is 32.1. The van der Waals surface area contributed by atoms with E-state index in [0.29, 0.717) is 0 Å². The van der Waals surface area contributed by atoms with Crippen molar-refractivity contribution >= 4 is 11.3 Å². The maximum atomic E-state index is 3.49. The van der Waals surface area contributed by atoms with E-state index >= 15 is 0 Å². The average molecular weight is 226 g/mol. The van der Waals surface area contributed by atoms with E-state index in [9.17, 15) is 0 Å². The summed E-state index contributed by atoms with van der Waals surface area (Å²) in [6.45, 7) is 10.9. The number of thiophene rings is 1. The van der Waals surface area contributed by atoms with E-state index in [1.165, 1.54) is 15.3 Å². The summed E-state index contributed by atoms with van der Waals surface area (Å²) in [7, 11) is 2.15. The van der Waals surface area contributed by atoms with Gasteiger partial charge in [0.15, 0.2) is 0 Å². The van der Waals surface area contributed by atoms with Gasteiger partial charge in [0.05, 0.1) is 0 Å². The van der Waals surface area contributed by atoms with Crippen LogP contribution in [0.4, 0.5) is 0 Å². The zero-order valence-corrected chi connectivity index (χ0v) is 11.1. The second-order valence-corrected chi connectivity index (χ2v) is 5.47.